The predicted molar refractivity (Wildman–Crippen MR) is 139 cm³/mol. The molecule has 0 saturated heterocycles. The van der Waals surface area contributed by atoms with Gasteiger partial charge < -0.3 is 15.4 Å². The molecule has 212 valence electrons. The summed E-state index contributed by atoms with van der Waals surface area (Å²) in [6.45, 7) is -0.297. The van der Waals surface area contributed by atoms with E-state index < -0.39 is 46.8 Å². The zero-order chi connectivity index (χ0) is 30.2. The fourth-order valence-corrected chi connectivity index (χ4v) is 4.61. The minimum Gasteiger partial charge on any atom is -0.448 e. The molecule has 0 saturated carbocycles. The van der Waals surface area contributed by atoms with Crippen molar-refractivity contribution in [3.05, 3.63) is 105 Å². The number of anilines is 1. The lowest BCUT2D eigenvalue weighted by Gasteiger charge is -2.19. The molecular formula is C28H15ClF5N5O3. The highest BCUT2D eigenvalue weighted by atomic mass is 35.5. The fraction of sp³-hybridized carbons (Fsp3) is 0.107. The first-order valence-electron chi connectivity index (χ1n) is 11.9. The van der Waals surface area contributed by atoms with Crippen LogP contribution in [0.15, 0.2) is 60.9 Å². The number of benzene rings is 3. The molecule has 1 unspecified atom stereocenters. The third-order valence-corrected chi connectivity index (χ3v) is 6.56. The Labute approximate surface area is 238 Å². The van der Waals surface area contributed by atoms with Crippen LogP contribution in [0.4, 0.5) is 27.6 Å². The molecule has 2 heterocycles. The Bertz CT molecular complexity index is 1770. The summed E-state index contributed by atoms with van der Waals surface area (Å²) < 4.78 is 73.1. The summed E-state index contributed by atoms with van der Waals surface area (Å²) in [7, 11) is 0. The van der Waals surface area contributed by atoms with Crippen LogP contribution in [0.25, 0.3) is 11.1 Å². The van der Waals surface area contributed by atoms with Gasteiger partial charge in [0.05, 0.1) is 11.6 Å². The van der Waals surface area contributed by atoms with Crippen molar-refractivity contribution in [2.45, 2.75) is 12.2 Å². The number of carbonyl (C=O) groups excluding carboxylic acids is 2. The number of nitrogens with zero attached hydrogens (tertiary/aromatic N) is 3. The standard InChI is InChI=1S/C28H15ClF5N5O3/c29-21-2-1-17(30)10-19(21)24-23-20(26(41)39-24)7-13(15-11-36-27(37-12-15)42-4-3-35)8-22(23)38-25(40)14-5-16(28(32,33)34)9-18(31)6-14/h1-2,5-12,24H,4H2,(H,38,40)(H,39,41). The summed E-state index contributed by atoms with van der Waals surface area (Å²) in [4.78, 5) is 34.3. The molecule has 14 heteroatoms. The number of alkyl halides is 3. The maximum absolute atomic E-state index is 14.2. The maximum Gasteiger partial charge on any atom is 0.416 e. The van der Waals surface area contributed by atoms with Crippen molar-refractivity contribution in [3.63, 3.8) is 0 Å². The van der Waals surface area contributed by atoms with Crippen molar-refractivity contribution < 1.29 is 36.3 Å². The van der Waals surface area contributed by atoms with Crippen molar-refractivity contribution in [3.8, 4) is 23.2 Å². The van der Waals surface area contributed by atoms with Crippen LogP contribution < -0.4 is 15.4 Å². The van der Waals surface area contributed by atoms with E-state index >= 15 is 0 Å². The van der Waals surface area contributed by atoms with E-state index in [4.69, 9.17) is 21.6 Å². The number of halogens is 6. The molecule has 1 atom stereocenters. The number of nitriles is 1. The highest BCUT2D eigenvalue weighted by Crippen LogP contribution is 2.42. The Morgan fingerprint density at radius 2 is 1.79 bits per heavy atom. The zero-order valence-electron chi connectivity index (χ0n) is 20.9. The number of hydrogen-bond acceptors (Lipinski definition) is 6. The van der Waals surface area contributed by atoms with Gasteiger partial charge in [0.15, 0.2) is 6.61 Å². The van der Waals surface area contributed by atoms with Gasteiger partial charge in [-0.15, -0.1) is 0 Å². The van der Waals surface area contributed by atoms with Gasteiger partial charge in [-0.1, -0.05) is 11.6 Å². The van der Waals surface area contributed by atoms with Crippen molar-refractivity contribution in [1.29, 1.82) is 5.26 Å². The molecule has 4 aromatic rings. The van der Waals surface area contributed by atoms with E-state index in [1.165, 1.54) is 30.6 Å². The Balaban J connectivity index is 1.63. The largest absolute Gasteiger partial charge is 0.448 e. The minimum absolute atomic E-state index is 0.0353. The second-order valence-corrected chi connectivity index (χ2v) is 9.35. The monoisotopic (exact) mass is 599 g/mol. The molecule has 2 N–H and O–H groups in total. The summed E-state index contributed by atoms with van der Waals surface area (Å²) in [6, 6.07) is 8.32. The molecule has 5 rings (SSSR count). The average molecular weight is 600 g/mol. The van der Waals surface area contributed by atoms with Crippen molar-refractivity contribution in [2.75, 3.05) is 11.9 Å². The zero-order valence-corrected chi connectivity index (χ0v) is 21.6. The smallest absolute Gasteiger partial charge is 0.416 e. The summed E-state index contributed by atoms with van der Waals surface area (Å²) in [5.74, 6) is -3.67. The first kappa shape index (κ1) is 28.4. The molecule has 2 amide bonds. The van der Waals surface area contributed by atoms with E-state index in [-0.39, 0.29) is 46.1 Å². The Hall–Kier alpha value is -5.09. The van der Waals surface area contributed by atoms with Gasteiger partial charge in [-0.2, -0.15) is 18.4 Å². The summed E-state index contributed by atoms with van der Waals surface area (Å²) in [6.07, 6.45) is -2.27. The molecule has 8 nitrogen and oxygen atoms in total. The lowest BCUT2D eigenvalue weighted by molar-refractivity contribution is -0.137. The number of hydrogen-bond donors (Lipinski definition) is 2. The first-order chi connectivity index (χ1) is 19.9. The number of aromatic nitrogens is 2. The van der Waals surface area contributed by atoms with Crippen LogP contribution in [0.1, 0.15) is 43.4 Å². The lowest BCUT2D eigenvalue weighted by atomic mass is 9.93. The Morgan fingerprint density at radius 3 is 2.48 bits per heavy atom. The second kappa shape index (κ2) is 11.1. The van der Waals surface area contributed by atoms with Gasteiger partial charge in [0, 0.05) is 50.9 Å². The van der Waals surface area contributed by atoms with E-state index in [1.54, 1.807) is 6.07 Å². The van der Waals surface area contributed by atoms with Gasteiger partial charge in [-0.25, -0.2) is 18.7 Å². The number of fused-ring (bicyclic) bond motifs is 1. The van der Waals surface area contributed by atoms with E-state index in [0.717, 1.165) is 12.1 Å². The van der Waals surface area contributed by atoms with Crippen LogP contribution in [0.2, 0.25) is 5.02 Å². The highest BCUT2D eigenvalue weighted by molar-refractivity contribution is 6.31. The molecule has 1 aliphatic heterocycles. The molecule has 42 heavy (non-hydrogen) atoms. The molecule has 0 bridgehead atoms. The van der Waals surface area contributed by atoms with Crippen LogP contribution >= 0.6 is 11.6 Å². The molecule has 1 aromatic heterocycles. The molecule has 0 aliphatic carbocycles. The van der Waals surface area contributed by atoms with Gasteiger partial charge >= 0.3 is 12.2 Å². The SMILES string of the molecule is N#CCOc1ncc(-c2cc(NC(=O)c3cc(F)cc(C(F)(F)F)c3)c3c(c2)C(=O)NC3c2cc(F)ccc2Cl)cn1. The maximum atomic E-state index is 14.2. The minimum atomic E-state index is -4.92. The predicted octanol–water partition coefficient (Wildman–Crippen LogP) is 6.08. The molecule has 0 fully saturated rings. The van der Waals surface area contributed by atoms with Crippen LogP contribution in [0.3, 0.4) is 0 Å². The third-order valence-electron chi connectivity index (χ3n) is 6.22. The van der Waals surface area contributed by atoms with E-state index in [1.807, 2.05) is 0 Å². The fourth-order valence-electron chi connectivity index (χ4n) is 4.39. The van der Waals surface area contributed by atoms with Crippen LogP contribution in [-0.2, 0) is 6.18 Å². The average Bonchev–Trinajstić information content (AvgIpc) is 3.28. The van der Waals surface area contributed by atoms with E-state index in [0.29, 0.717) is 23.3 Å². The number of rotatable bonds is 6. The summed E-state index contributed by atoms with van der Waals surface area (Å²) in [5.41, 5.74) is -1.10. The topological polar surface area (TPSA) is 117 Å². The van der Waals surface area contributed by atoms with Crippen LogP contribution in [0, 0.1) is 23.0 Å². The molecule has 1 aliphatic rings. The molecule has 0 spiro atoms. The Morgan fingerprint density at radius 1 is 1.05 bits per heavy atom. The lowest BCUT2D eigenvalue weighted by Crippen LogP contribution is -2.21. The van der Waals surface area contributed by atoms with Gasteiger partial charge in [0.1, 0.15) is 17.7 Å². The molecule has 3 aromatic carbocycles. The number of carbonyl (C=O) groups is 2. The highest BCUT2D eigenvalue weighted by Gasteiger charge is 2.36. The van der Waals surface area contributed by atoms with E-state index in [2.05, 4.69) is 20.6 Å². The number of ether oxygens (including phenoxy) is 1. The number of nitrogens with one attached hydrogen (secondary N) is 2. The van der Waals surface area contributed by atoms with Gasteiger partial charge in [-0.3, -0.25) is 9.59 Å². The van der Waals surface area contributed by atoms with Crippen molar-refractivity contribution >= 4 is 29.1 Å². The van der Waals surface area contributed by atoms with Gasteiger partial charge in [0.25, 0.3) is 11.8 Å². The third kappa shape index (κ3) is 5.70. The van der Waals surface area contributed by atoms with Crippen LogP contribution in [-0.4, -0.2) is 28.4 Å². The van der Waals surface area contributed by atoms with Crippen LogP contribution in [0.5, 0.6) is 6.01 Å². The molecular weight excluding hydrogens is 585 g/mol. The first-order valence-corrected chi connectivity index (χ1v) is 12.3. The van der Waals surface area contributed by atoms with E-state index in [9.17, 15) is 31.5 Å². The Kier molecular flexibility index (Phi) is 7.49. The van der Waals surface area contributed by atoms with Crippen molar-refractivity contribution in [2.24, 2.45) is 0 Å². The normalized spacial score (nSPS) is 14.1. The second-order valence-electron chi connectivity index (χ2n) is 8.94. The van der Waals surface area contributed by atoms with Gasteiger partial charge in [0.2, 0.25) is 0 Å². The number of amides is 2. The quantitative estimate of drug-likeness (QED) is 0.259. The van der Waals surface area contributed by atoms with Gasteiger partial charge in [-0.05, 0) is 54.1 Å². The summed E-state index contributed by atoms with van der Waals surface area (Å²) >= 11 is 6.30. The van der Waals surface area contributed by atoms with Crippen molar-refractivity contribution in [1.82, 2.24) is 15.3 Å². The summed E-state index contributed by atoms with van der Waals surface area (Å²) in [5, 5.41) is 13.9. The molecule has 0 radical (unpaired) electrons.